The first-order chi connectivity index (χ1) is 9.97. The fourth-order valence-corrected chi connectivity index (χ4v) is 3.72. The van der Waals surface area contributed by atoms with Gasteiger partial charge in [0.15, 0.2) is 0 Å². The van der Waals surface area contributed by atoms with Crippen molar-refractivity contribution >= 4 is 10.8 Å². The van der Waals surface area contributed by atoms with Gasteiger partial charge in [0.25, 0.3) is 0 Å². The minimum Gasteiger partial charge on any atom is -0.392 e. The van der Waals surface area contributed by atoms with Crippen LogP contribution in [0.4, 0.5) is 0 Å². The van der Waals surface area contributed by atoms with Crippen molar-refractivity contribution in [2.24, 2.45) is 0 Å². The van der Waals surface area contributed by atoms with Gasteiger partial charge >= 0.3 is 0 Å². The fraction of sp³-hybridized carbons (Fsp3) is 0.647. The number of aliphatic hydroxyl groups excluding tert-OH is 1. The van der Waals surface area contributed by atoms with E-state index in [1.54, 1.807) is 0 Å². The van der Waals surface area contributed by atoms with Crippen molar-refractivity contribution in [1.82, 2.24) is 4.90 Å². The van der Waals surface area contributed by atoms with Gasteiger partial charge in [0.2, 0.25) is 0 Å². The molecule has 0 bridgehead atoms. The molecule has 0 saturated carbocycles. The van der Waals surface area contributed by atoms with Crippen LogP contribution in [0.15, 0.2) is 29.2 Å². The first-order valence-electron chi connectivity index (χ1n) is 7.79. The third kappa shape index (κ3) is 5.89. The molecular formula is C17H29NO2S. The van der Waals surface area contributed by atoms with Gasteiger partial charge in [-0.05, 0) is 39.1 Å². The highest BCUT2D eigenvalue weighted by Gasteiger charge is 2.18. The summed E-state index contributed by atoms with van der Waals surface area (Å²) in [5, 5.41) is 10.0. The normalized spacial score (nSPS) is 15.9. The maximum absolute atomic E-state index is 12.6. The van der Waals surface area contributed by atoms with Gasteiger partial charge in [0, 0.05) is 10.9 Å². The summed E-state index contributed by atoms with van der Waals surface area (Å²) < 4.78 is 12.6. The second-order valence-electron chi connectivity index (χ2n) is 5.84. The van der Waals surface area contributed by atoms with E-state index in [2.05, 4.69) is 18.7 Å². The molecule has 1 aromatic carbocycles. The van der Waals surface area contributed by atoms with Crippen molar-refractivity contribution in [2.45, 2.75) is 56.6 Å². The highest BCUT2D eigenvalue weighted by molar-refractivity contribution is 7.85. The Hall–Kier alpha value is -0.710. The standard InChI is InChI=1S/C17H29NO2S/c1-5-6-7-10-15(19)13-21(20)17-12-9-8-11-16(17)14(2)18(3)4/h8-9,11-12,14-15,19H,5-7,10,13H2,1-4H3/t14-,15-,21?/m1/s1. The lowest BCUT2D eigenvalue weighted by molar-refractivity contribution is 0.184. The molecule has 0 aliphatic carbocycles. The Morgan fingerprint density at radius 3 is 2.52 bits per heavy atom. The Kier molecular flexibility index (Phi) is 8.15. The Bertz CT molecular complexity index is 448. The molecule has 1 aromatic rings. The Balaban J connectivity index is 2.74. The quantitative estimate of drug-likeness (QED) is 0.711. The number of nitrogens with zero attached hydrogens (tertiary/aromatic N) is 1. The molecule has 120 valence electrons. The summed E-state index contributed by atoms with van der Waals surface area (Å²) in [6.45, 7) is 4.25. The van der Waals surface area contributed by atoms with Gasteiger partial charge in [-0.1, -0.05) is 44.4 Å². The van der Waals surface area contributed by atoms with E-state index in [4.69, 9.17) is 0 Å². The zero-order chi connectivity index (χ0) is 15.8. The zero-order valence-corrected chi connectivity index (χ0v) is 14.5. The van der Waals surface area contributed by atoms with E-state index >= 15 is 0 Å². The molecule has 1 N–H and O–H groups in total. The lowest BCUT2D eigenvalue weighted by Crippen LogP contribution is -2.21. The number of benzene rings is 1. The van der Waals surface area contributed by atoms with Crippen LogP contribution < -0.4 is 0 Å². The molecule has 0 spiro atoms. The van der Waals surface area contributed by atoms with E-state index in [-0.39, 0.29) is 6.04 Å². The van der Waals surface area contributed by atoms with Crippen molar-refractivity contribution in [1.29, 1.82) is 0 Å². The van der Waals surface area contributed by atoms with Gasteiger partial charge in [0.05, 0.1) is 22.7 Å². The molecule has 1 rings (SSSR count). The number of hydrogen-bond donors (Lipinski definition) is 1. The third-order valence-electron chi connectivity index (χ3n) is 3.87. The molecule has 0 aliphatic heterocycles. The van der Waals surface area contributed by atoms with Crippen LogP contribution >= 0.6 is 0 Å². The largest absolute Gasteiger partial charge is 0.392 e. The highest BCUT2D eigenvalue weighted by atomic mass is 32.2. The highest BCUT2D eigenvalue weighted by Crippen LogP contribution is 2.24. The SMILES string of the molecule is CCCCC[C@@H](O)CS(=O)c1ccccc1[C@@H](C)N(C)C. The molecule has 3 nitrogen and oxygen atoms in total. The van der Waals surface area contributed by atoms with Crippen LogP contribution in [-0.4, -0.2) is 40.2 Å². The summed E-state index contributed by atoms with van der Waals surface area (Å²) in [4.78, 5) is 2.96. The van der Waals surface area contributed by atoms with Crippen LogP contribution in [0.25, 0.3) is 0 Å². The Morgan fingerprint density at radius 1 is 1.24 bits per heavy atom. The summed E-state index contributed by atoms with van der Waals surface area (Å²) >= 11 is 0. The molecule has 21 heavy (non-hydrogen) atoms. The molecule has 1 unspecified atom stereocenters. The smallest absolute Gasteiger partial charge is 0.0659 e. The topological polar surface area (TPSA) is 40.5 Å². The molecule has 0 fully saturated rings. The molecule has 0 amide bonds. The van der Waals surface area contributed by atoms with E-state index in [0.717, 1.165) is 36.1 Å². The molecule has 0 aromatic heterocycles. The number of rotatable bonds is 9. The first-order valence-corrected chi connectivity index (χ1v) is 9.11. The lowest BCUT2D eigenvalue weighted by atomic mass is 10.1. The fourth-order valence-electron chi connectivity index (χ4n) is 2.29. The molecule has 4 heteroatoms. The van der Waals surface area contributed by atoms with Crippen molar-refractivity contribution in [3.8, 4) is 0 Å². The van der Waals surface area contributed by atoms with Gasteiger partial charge in [-0.25, -0.2) is 0 Å². The summed E-state index contributed by atoms with van der Waals surface area (Å²) in [6.07, 6.45) is 3.53. The monoisotopic (exact) mass is 311 g/mol. The average molecular weight is 311 g/mol. The second-order valence-corrected chi connectivity index (χ2v) is 7.30. The van der Waals surface area contributed by atoms with E-state index in [9.17, 15) is 9.32 Å². The molecule has 0 radical (unpaired) electrons. The van der Waals surface area contributed by atoms with Crippen molar-refractivity contribution < 1.29 is 9.32 Å². The van der Waals surface area contributed by atoms with Crippen LogP contribution in [-0.2, 0) is 10.8 Å². The second kappa shape index (κ2) is 9.34. The van der Waals surface area contributed by atoms with Crippen LogP contribution in [0.2, 0.25) is 0 Å². The van der Waals surface area contributed by atoms with Gasteiger partial charge < -0.3 is 10.0 Å². The van der Waals surface area contributed by atoms with Gasteiger partial charge in [-0.3, -0.25) is 4.21 Å². The molecule has 0 heterocycles. The number of hydrogen-bond acceptors (Lipinski definition) is 3. The molecule has 0 aliphatic rings. The summed E-state index contributed by atoms with van der Waals surface area (Å²) in [7, 11) is 2.89. The van der Waals surface area contributed by atoms with Crippen molar-refractivity contribution in [3.05, 3.63) is 29.8 Å². The summed E-state index contributed by atoms with van der Waals surface area (Å²) in [5.41, 5.74) is 1.08. The Morgan fingerprint density at radius 2 is 1.90 bits per heavy atom. The summed E-state index contributed by atoms with van der Waals surface area (Å²) in [5.74, 6) is 0.334. The summed E-state index contributed by atoms with van der Waals surface area (Å²) in [6, 6.07) is 8.06. The van der Waals surface area contributed by atoms with Gasteiger partial charge in [0.1, 0.15) is 0 Å². The maximum Gasteiger partial charge on any atom is 0.0659 e. The molecular weight excluding hydrogens is 282 g/mol. The lowest BCUT2D eigenvalue weighted by Gasteiger charge is -2.23. The van der Waals surface area contributed by atoms with Crippen LogP contribution in [0.3, 0.4) is 0 Å². The maximum atomic E-state index is 12.6. The van der Waals surface area contributed by atoms with Crippen molar-refractivity contribution in [2.75, 3.05) is 19.8 Å². The van der Waals surface area contributed by atoms with E-state index in [1.807, 2.05) is 38.4 Å². The van der Waals surface area contributed by atoms with E-state index in [1.165, 1.54) is 0 Å². The van der Waals surface area contributed by atoms with E-state index in [0.29, 0.717) is 5.75 Å². The van der Waals surface area contributed by atoms with Crippen molar-refractivity contribution in [3.63, 3.8) is 0 Å². The first kappa shape index (κ1) is 18.3. The third-order valence-corrected chi connectivity index (χ3v) is 5.42. The van der Waals surface area contributed by atoms with Crippen LogP contribution in [0.5, 0.6) is 0 Å². The number of aliphatic hydroxyl groups is 1. The predicted octanol–water partition coefficient (Wildman–Crippen LogP) is 3.36. The van der Waals surface area contributed by atoms with Gasteiger partial charge in [-0.15, -0.1) is 0 Å². The number of unbranched alkanes of at least 4 members (excludes halogenated alkanes) is 2. The molecule has 0 saturated heterocycles. The Labute approximate surface area is 131 Å². The van der Waals surface area contributed by atoms with E-state index < -0.39 is 16.9 Å². The average Bonchev–Trinajstić information content (AvgIpc) is 2.46. The van der Waals surface area contributed by atoms with Gasteiger partial charge in [-0.2, -0.15) is 0 Å². The minimum absolute atomic E-state index is 0.211. The van der Waals surface area contributed by atoms with Crippen LogP contribution in [0.1, 0.15) is 51.1 Å². The predicted molar refractivity (Wildman–Crippen MR) is 90.0 cm³/mol. The van der Waals surface area contributed by atoms with Crippen LogP contribution in [0, 0.1) is 0 Å². The molecule has 3 atom stereocenters. The minimum atomic E-state index is -1.14. The zero-order valence-electron chi connectivity index (χ0n) is 13.7.